The van der Waals surface area contributed by atoms with E-state index in [0.717, 1.165) is 5.56 Å². The maximum absolute atomic E-state index is 12.3. The molecule has 0 aromatic carbocycles. The Morgan fingerprint density at radius 3 is 2.82 bits per heavy atom. The van der Waals surface area contributed by atoms with Crippen LogP contribution in [0.4, 0.5) is 4.79 Å². The fourth-order valence-electron chi connectivity index (χ4n) is 2.39. The lowest BCUT2D eigenvalue weighted by Gasteiger charge is -2.38. The van der Waals surface area contributed by atoms with E-state index in [2.05, 4.69) is 4.98 Å². The summed E-state index contributed by atoms with van der Waals surface area (Å²) in [6.07, 6.45) is 2.69. The minimum atomic E-state index is -0.713. The van der Waals surface area contributed by atoms with E-state index >= 15 is 0 Å². The Morgan fingerprint density at radius 2 is 2.18 bits per heavy atom. The smallest absolute Gasteiger partial charge is 0.410 e. The predicted molar refractivity (Wildman–Crippen MR) is 81.5 cm³/mol. The summed E-state index contributed by atoms with van der Waals surface area (Å²) in [5.41, 5.74) is 0.410. The molecule has 6 nitrogen and oxygen atoms in total. The number of hydrogen-bond acceptors (Lipinski definition) is 5. The Kier molecular flexibility index (Phi) is 5.37. The van der Waals surface area contributed by atoms with Crippen molar-refractivity contribution in [3.05, 3.63) is 30.1 Å². The van der Waals surface area contributed by atoms with E-state index in [0.29, 0.717) is 26.2 Å². The molecule has 2 unspecified atom stereocenters. The quantitative estimate of drug-likeness (QED) is 0.918. The molecule has 1 fully saturated rings. The van der Waals surface area contributed by atoms with E-state index in [4.69, 9.17) is 9.47 Å². The van der Waals surface area contributed by atoms with E-state index in [1.54, 1.807) is 17.3 Å². The van der Waals surface area contributed by atoms with Gasteiger partial charge in [0.1, 0.15) is 5.60 Å². The molecule has 2 rings (SSSR count). The summed E-state index contributed by atoms with van der Waals surface area (Å²) in [5.74, 6) is 0. The topological polar surface area (TPSA) is 71.9 Å². The van der Waals surface area contributed by atoms with Crippen molar-refractivity contribution in [1.29, 1.82) is 0 Å². The van der Waals surface area contributed by atoms with Gasteiger partial charge in [-0.15, -0.1) is 0 Å². The molecule has 1 N–H and O–H groups in total. The Labute approximate surface area is 131 Å². The molecule has 1 aliphatic heterocycles. The van der Waals surface area contributed by atoms with Gasteiger partial charge >= 0.3 is 6.09 Å². The highest BCUT2D eigenvalue weighted by Gasteiger charge is 2.35. The molecule has 6 heteroatoms. The first-order chi connectivity index (χ1) is 10.4. The van der Waals surface area contributed by atoms with Gasteiger partial charge < -0.3 is 14.6 Å². The van der Waals surface area contributed by atoms with Gasteiger partial charge in [0, 0.05) is 25.4 Å². The number of aromatic nitrogens is 1. The van der Waals surface area contributed by atoms with Crippen molar-refractivity contribution in [2.45, 2.75) is 44.9 Å². The maximum Gasteiger partial charge on any atom is 0.410 e. The zero-order valence-electron chi connectivity index (χ0n) is 13.4. The average Bonchev–Trinajstić information content (AvgIpc) is 2.46. The van der Waals surface area contributed by atoms with Crippen LogP contribution in [0.2, 0.25) is 0 Å². The summed E-state index contributed by atoms with van der Waals surface area (Å²) in [6.45, 7) is 6.67. The van der Waals surface area contributed by atoms with Crippen molar-refractivity contribution in [2.24, 2.45) is 0 Å². The van der Waals surface area contributed by atoms with Gasteiger partial charge in [0.25, 0.3) is 0 Å². The molecular weight excluding hydrogens is 284 g/mol. The summed E-state index contributed by atoms with van der Waals surface area (Å²) in [5, 5.41) is 10.5. The number of carbonyl (C=O) groups excluding carboxylic acids is 1. The number of hydrogen-bond donors (Lipinski definition) is 1. The first-order valence-electron chi connectivity index (χ1n) is 7.51. The van der Waals surface area contributed by atoms with Gasteiger partial charge in [0.05, 0.1) is 25.4 Å². The molecule has 2 atom stereocenters. The number of pyridine rings is 1. The molecule has 0 aliphatic carbocycles. The van der Waals surface area contributed by atoms with Crippen LogP contribution in [0.25, 0.3) is 0 Å². The van der Waals surface area contributed by atoms with Gasteiger partial charge in [-0.1, -0.05) is 0 Å². The van der Waals surface area contributed by atoms with Crippen LogP contribution in [0.3, 0.4) is 0 Å². The van der Waals surface area contributed by atoms with Crippen LogP contribution in [-0.2, 0) is 15.9 Å². The van der Waals surface area contributed by atoms with E-state index in [9.17, 15) is 9.90 Å². The Bertz CT molecular complexity index is 487. The fourth-order valence-corrected chi connectivity index (χ4v) is 2.39. The molecule has 122 valence electrons. The highest BCUT2D eigenvalue weighted by Crippen LogP contribution is 2.18. The van der Waals surface area contributed by atoms with Crippen LogP contribution >= 0.6 is 0 Å². The molecule has 22 heavy (non-hydrogen) atoms. The molecule has 0 saturated carbocycles. The third-order valence-electron chi connectivity index (χ3n) is 3.43. The monoisotopic (exact) mass is 308 g/mol. The molecular formula is C16H24N2O4. The van der Waals surface area contributed by atoms with Crippen molar-refractivity contribution < 1.29 is 19.4 Å². The lowest BCUT2D eigenvalue weighted by molar-refractivity contribution is -0.0660. The van der Waals surface area contributed by atoms with Crippen molar-refractivity contribution in [3.8, 4) is 0 Å². The first-order valence-corrected chi connectivity index (χ1v) is 7.51. The Hall–Kier alpha value is -1.66. The highest BCUT2D eigenvalue weighted by atomic mass is 16.6. The number of amides is 1. The van der Waals surface area contributed by atoms with Gasteiger partial charge in [-0.05, 0) is 38.5 Å². The predicted octanol–water partition coefficient (Wildman–Crippen LogP) is 1.62. The van der Waals surface area contributed by atoms with E-state index in [1.807, 2.05) is 32.9 Å². The second-order valence-electron chi connectivity index (χ2n) is 6.44. The minimum absolute atomic E-state index is 0.311. The van der Waals surface area contributed by atoms with Crippen LogP contribution in [0.15, 0.2) is 24.5 Å². The average molecular weight is 308 g/mol. The number of aliphatic hydroxyl groups is 1. The highest BCUT2D eigenvalue weighted by molar-refractivity contribution is 5.68. The fraction of sp³-hybridized carbons (Fsp3) is 0.625. The Morgan fingerprint density at radius 1 is 1.50 bits per heavy atom. The van der Waals surface area contributed by atoms with Gasteiger partial charge in [0.2, 0.25) is 0 Å². The van der Waals surface area contributed by atoms with Gasteiger partial charge in [-0.2, -0.15) is 0 Å². The molecule has 1 aromatic heterocycles. The first kappa shape index (κ1) is 16.7. The minimum Gasteiger partial charge on any atom is -0.444 e. The molecule has 0 spiro atoms. The summed E-state index contributed by atoms with van der Waals surface area (Å²) in [6, 6.07) is 3.30. The second kappa shape index (κ2) is 7.07. The summed E-state index contributed by atoms with van der Waals surface area (Å²) in [7, 11) is 0. The number of nitrogens with zero attached hydrogens (tertiary/aromatic N) is 2. The normalized spacial score (nSPS) is 20.5. The van der Waals surface area contributed by atoms with E-state index < -0.39 is 23.8 Å². The number of aliphatic hydroxyl groups excluding tert-OH is 1. The van der Waals surface area contributed by atoms with Crippen molar-refractivity contribution >= 4 is 6.09 Å². The Balaban J connectivity index is 2.04. The van der Waals surface area contributed by atoms with Gasteiger partial charge in [-0.25, -0.2) is 4.79 Å². The lowest BCUT2D eigenvalue weighted by Crippen LogP contribution is -2.55. The summed E-state index contributed by atoms with van der Waals surface area (Å²) in [4.78, 5) is 17.8. The zero-order chi connectivity index (χ0) is 16.2. The molecule has 1 aliphatic rings. The number of rotatable bonds is 3. The second-order valence-corrected chi connectivity index (χ2v) is 6.44. The molecule has 1 saturated heterocycles. The maximum atomic E-state index is 12.3. The van der Waals surface area contributed by atoms with Crippen LogP contribution in [-0.4, -0.2) is 58.6 Å². The largest absolute Gasteiger partial charge is 0.444 e. The van der Waals surface area contributed by atoms with E-state index in [1.165, 1.54) is 0 Å². The van der Waals surface area contributed by atoms with Gasteiger partial charge in [0.15, 0.2) is 0 Å². The van der Waals surface area contributed by atoms with E-state index in [-0.39, 0.29) is 0 Å². The van der Waals surface area contributed by atoms with Crippen LogP contribution < -0.4 is 0 Å². The lowest BCUT2D eigenvalue weighted by atomic mass is 10.0. The molecule has 0 bridgehead atoms. The summed E-state index contributed by atoms with van der Waals surface area (Å²) < 4.78 is 10.8. The van der Waals surface area contributed by atoms with Crippen LogP contribution in [0.5, 0.6) is 0 Å². The number of morpholine rings is 1. The molecule has 1 amide bonds. The van der Waals surface area contributed by atoms with Crippen molar-refractivity contribution in [2.75, 3.05) is 19.8 Å². The molecule has 0 radical (unpaired) electrons. The zero-order valence-corrected chi connectivity index (χ0v) is 13.4. The SMILES string of the molecule is CC(C)(C)OC(=O)N1CCOCC1C(O)Cc1ccncc1. The number of ether oxygens (including phenoxy) is 2. The third kappa shape index (κ3) is 4.68. The van der Waals surface area contributed by atoms with Crippen molar-refractivity contribution in [3.63, 3.8) is 0 Å². The van der Waals surface area contributed by atoms with Crippen LogP contribution in [0, 0.1) is 0 Å². The third-order valence-corrected chi connectivity index (χ3v) is 3.43. The van der Waals surface area contributed by atoms with Gasteiger partial charge in [-0.3, -0.25) is 9.88 Å². The molecule has 1 aromatic rings. The molecule has 2 heterocycles. The summed E-state index contributed by atoms with van der Waals surface area (Å²) >= 11 is 0. The standard InChI is InChI=1S/C16H24N2O4/c1-16(2,3)22-15(20)18-8-9-21-11-13(18)14(19)10-12-4-6-17-7-5-12/h4-7,13-14,19H,8-11H2,1-3H3. The number of carbonyl (C=O) groups is 1. The van der Waals surface area contributed by atoms with Crippen LogP contribution in [0.1, 0.15) is 26.3 Å². The van der Waals surface area contributed by atoms with Crippen molar-refractivity contribution in [1.82, 2.24) is 9.88 Å².